The lowest BCUT2D eigenvalue weighted by atomic mass is 9.99. The van der Waals surface area contributed by atoms with E-state index < -0.39 is 0 Å². The summed E-state index contributed by atoms with van der Waals surface area (Å²) in [5.41, 5.74) is 1.93. The average Bonchev–Trinajstić information content (AvgIpc) is 2.96. The van der Waals surface area contributed by atoms with Crippen molar-refractivity contribution in [2.45, 2.75) is 50.8 Å². The molecule has 0 aliphatic carbocycles. The molecule has 26 heavy (non-hydrogen) atoms. The fourth-order valence-corrected chi connectivity index (χ4v) is 4.30. The van der Waals surface area contributed by atoms with E-state index in [0.717, 1.165) is 43.9 Å². The average molecular weight is 355 g/mol. The predicted octanol–water partition coefficient (Wildman–Crippen LogP) is 3.15. The van der Waals surface area contributed by atoms with E-state index in [1.54, 1.807) is 6.26 Å². The number of rotatable bonds is 4. The molecule has 1 N–H and O–H groups in total. The molecule has 140 valence electrons. The van der Waals surface area contributed by atoms with Crippen molar-refractivity contribution in [2.24, 2.45) is 0 Å². The Bertz CT molecular complexity index is 680. The van der Waals surface area contributed by atoms with E-state index in [1.165, 1.54) is 25.7 Å². The molecule has 0 bridgehead atoms. The Morgan fingerprint density at radius 1 is 1.04 bits per heavy atom. The topological polar surface area (TPSA) is 52.7 Å². The number of β-amino-alcohol motifs (C(OH)–C–C–N with tert-alkyl or cyclic N) is 1. The maximum atomic E-state index is 10.7. The number of aromatic nitrogens is 1. The molecular weight excluding hydrogens is 326 g/mol. The van der Waals surface area contributed by atoms with E-state index in [2.05, 4.69) is 14.8 Å². The van der Waals surface area contributed by atoms with Crippen LogP contribution in [0.25, 0.3) is 11.5 Å². The molecule has 0 amide bonds. The molecule has 2 fully saturated rings. The van der Waals surface area contributed by atoms with Crippen LogP contribution in [-0.4, -0.2) is 58.2 Å². The molecule has 0 unspecified atom stereocenters. The highest BCUT2D eigenvalue weighted by Crippen LogP contribution is 2.23. The van der Waals surface area contributed by atoms with E-state index in [1.807, 2.05) is 30.3 Å². The number of likely N-dealkylation sites (tertiary alicyclic amines) is 2. The van der Waals surface area contributed by atoms with Crippen molar-refractivity contribution >= 4 is 0 Å². The fourth-order valence-electron chi connectivity index (χ4n) is 4.30. The third kappa shape index (κ3) is 4.17. The third-order valence-corrected chi connectivity index (χ3v) is 5.70. The van der Waals surface area contributed by atoms with Gasteiger partial charge in [0.25, 0.3) is 0 Å². The minimum Gasteiger partial charge on any atom is -0.444 e. The monoisotopic (exact) mass is 355 g/mol. The Morgan fingerprint density at radius 2 is 1.81 bits per heavy atom. The molecule has 4 rings (SSSR count). The van der Waals surface area contributed by atoms with E-state index in [0.29, 0.717) is 18.5 Å². The van der Waals surface area contributed by atoms with Gasteiger partial charge >= 0.3 is 0 Å². The van der Waals surface area contributed by atoms with Crippen LogP contribution in [0.4, 0.5) is 0 Å². The van der Waals surface area contributed by atoms with Gasteiger partial charge in [-0.1, -0.05) is 31.0 Å². The van der Waals surface area contributed by atoms with Crippen LogP contribution in [0, 0.1) is 0 Å². The molecule has 1 aromatic heterocycles. The highest BCUT2D eigenvalue weighted by atomic mass is 16.3. The molecule has 2 saturated heterocycles. The molecule has 5 heteroatoms. The lowest BCUT2D eigenvalue weighted by Gasteiger charge is -2.41. The summed E-state index contributed by atoms with van der Waals surface area (Å²) in [6, 6.07) is 10.3. The molecule has 2 aliphatic heterocycles. The van der Waals surface area contributed by atoms with Gasteiger partial charge in [0.1, 0.15) is 6.26 Å². The highest BCUT2D eigenvalue weighted by molar-refractivity contribution is 5.52. The molecular formula is C21H29N3O2. The van der Waals surface area contributed by atoms with Crippen molar-refractivity contribution in [3.05, 3.63) is 42.3 Å². The molecule has 5 nitrogen and oxygen atoms in total. The van der Waals surface area contributed by atoms with Crippen LogP contribution in [-0.2, 0) is 6.54 Å². The number of hydrogen-bond donors (Lipinski definition) is 1. The second kappa shape index (κ2) is 8.33. The summed E-state index contributed by atoms with van der Waals surface area (Å²) in [7, 11) is 0. The first kappa shape index (κ1) is 17.7. The SMILES string of the molecule is O[C@@H]1CN(Cc2coc(-c3ccccc3)n2)CC[C@H]1N1CCCCCC1. The molecule has 3 heterocycles. The van der Waals surface area contributed by atoms with Gasteiger partial charge in [0, 0.05) is 31.2 Å². The first-order valence-corrected chi connectivity index (χ1v) is 9.94. The molecule has 2 aromatic rings. The normalized spacial score (nSPS) is 25.9. The van der Waals surface area contributed by atoms with Crippen LogP contribution in [0.15, 0.2) is 41.0 Å². The summed E-state index contributed by atoms with van der Waals surface area (Å²) in [4.78, 5) is 9.44. The number of piperidine rings is 1. The van der Waals surface area contributed by atoms with Gasteiger partial charge in [-0.2, -0.15) is 0 Å². The Hall–Kier alpha value is -1.69. The van der Waals surface area contributed by atoms with Crippen molar-refractivity contribution in [3.63, 3.8) is 0 Å². The van der Waals surface area contributed by atoms with E-state index in [9.17, 15) is 5.11 Å². The van der Waals surface area contributed by atoms with Gasteiger partial charge in [-0.15, -0.1) is 0 Å². The summed E-state index contributed by atoms with van der Waals surface area (Å²) >= 11 is 0. The number of aliphatic hydroxyl groups excluding tert-OH is 1. The minimum absolute atomic E-state index is 0.276. The van der Waals surface area contributed by atoms with Gasteiger partial charge in [0.05, 0.1) is 11.8 Å². The Balaban J connectivity index is 1.34. The van der Waals surface area contributed by atoms with Crippen molar-refractivity contribution in [2.75, 3.05) is 26.2 Å². The maximum Gasteiger partial charge on any atom is 0.226 e. The second-order valence-corrected chi connectivity index (χ2v) is 7.62. The largest absolute Gasteiger partial charge is 0.444 e. The Labute approximate surface area is 155 Å². The van der Waals surface area contributed by atoms with Crippen LogP contribution in [0.3, 0.4) is 0 Å². The summed E-state index contributed by atoms with van der Waals surface area (Å²) in [5.74, 6) is 0.667. The van der Waals surface area contributed by atoms with E-state index in [4.69, 9.17) is 4.42 Å². The van der Waals surface area contributed by atoms with Gasteiger partial charge in [0.2, 0.25) is 5.89 Å². The smallest absolute Gasteiger partial charge is 0.226 e. The fraction of sp³-hybridized carbons (Fsp3) is 0.571. The van der Waals surface area contributed by atoms with Crippen LogP contribution in [0.2, 0.25) is 0 Å². The van der Waals surface area contributed by atoms with Crippen LogP contribution >= 0.6 is 0 Å². The molecule has 0 radical (unpaired) electrons. The van der Waals surface area contributed by atoms with Crippen LogP contribution in [0.5, 0.6) is 0 Å². The number of benzene rings is 1. The molecule has 2 aliphatic rings. The van der Waals surface area contributed by atoms with Gasteiger partial charge in [-0.3, -0.25) is 9.80 Å². The summed E-state index contributed by atoms with van der Waals surface area (Å²) in [5, 5.41) is 10.7. The van der Waals surface area contributed by atoms with E-state index in [-0.39, 0.29) is 6.10 Å². The van der Waals surface area contributed by atoms with Gasteiger partial charge < -0.3 is 9.52 Å². The second-order valence-electron chi connectivity index (χ2n) is 7.62. The number of oxazole rings is 1. The quantitative estimate of drug-likeness (QED) is 0.913. The standard InChI is InChI=1S/C21H29N3O2/c25-20-15-23(13-10-19(20)24-11-6-1-2-7-12-24)14-18-16-26-21(22-18)17-8-4-3-5-9-17/h3-5,8-9,16,19-20,25H,1-2,6-7,10-15H2/t19-,20-/m1/s1. The van der Waals surface area contributed by atoms with Crippen molar-refractivity contribution in [1.82, 2.24) is 14.8 Å². The summed E-state index contributed by atoms with van der Waals surface area (Å²) in [6.07, 6.45) is 7.72. The number of nitrogens with zero attached hydrogens (tertiary/aromatic N) is 3. The number of aliphatic hydroxyl groups is 1. The van der Waals surface area contributed by atoms with Crippen molar-refractivity contribution < 1.29 is 9.52 Å². The first-order valence-electron chi connectivity index (χ1n) is 9.94. The first-order chi connectivity index (χ1) is 12.8. The molecule has 1 aromatic carbocycles. The van der Waals surface area contributed by atoms with E-state index >= 15 is 0 Å². The third-order valence-electron chi connectivity index (χ3n) is 5.70. The lowest BCUT2D eigenvalue weighted by molar-refractivity contribution is -0.0147. The molecule has 0 saturated carbocycles. The van der Waals surface area contributed by atoms with Gasteiger partial charge in [-0.25, -0.2) is 4.98 Å². The Morgan fingerprint density at radius 3 is 2.54 bits per heavy atom. The number of hydrogen-bond acceptors (Lipinski definition) is 5. The molecule has 2 atom stereocenters. The zero-order valence-corrected chi connectivity index (χ0v) is 15.4. The predicted molar refractivity (Wildman–Crippen MR) is 102 cm³/mol. The van der Waals surface area contributed by atoms with Crippen molar-refractivity contribution in [3.8, 4) is 11.5 Å². The summed E-state index contributed by atoms with van der Waals surface area (Å²) < 4.78 is 5.64. The zero-order valence-electron chi connectivity index (χ0n) is 15.4. The molecule has 0 spiro atoms. The van der Waals surface area contributed by atoms with Crippen LogP contribution in [0.1, 0.15) is 37.8 Å². The van der Waals surface area contributed by atoms with Gasteiger partial charge in [0.15, 0.2) is 0 Å². The summed E-state index contributed by atoms with van der Waals surface area (Å²) in [6.45, 7) is 4.75. The highest BCUT2D eigenvalue weighted by Gasteiger charge is 2.32. The zero-order chi connectivity index (χ0) is 17.8. The Kier molecular flexibility index (Phi) is 5.68. The van der Waals surface area contributed by atoms with Crippen LogP contribution < -0.4 is 0 Å². The van der Waals surface area contributed by atoms with Crippen molar-refractivity contribution in [1.29, 1.82) is 0 Å². The van der Waals surface area contributed by atoms with Gasteiger partial charge in [-0.05, 0) is 44.5 Å². The maximum absolute atomic E-state index is 10.7. The minimum atomic E-state index is -0.276. The lowest BCUT2D eigenvalue weighted by Crippen LogP contribution is -2.54.